The first kappa shape index (κ1) is 14.9. The molecule has 3 amide bonds. The number of carbonyl (C=O) groups is 2. The van der Waals surface area contributed by atoms with E-state index in [1.807, 2.05) is 6.07 Å². The first-order valence-electron chi connectivity index (χ1n) is 7.29. The highest BCUT2D eigenvalue weighted by Crippen LogP contribution is 2.20. The molecular formula is C17H17N3O3. The lowest BCUT2D eigenvalue weighted by atomic mass is 10.00. The highest BCUT2D eigenvalue weighted by atomic mass is 16.5. The van der Waals surface area contributed by atoms with E-state index in [2.05, 4.69) is 16.0 Å². The van der Waals surface area contributed by atoms with Gasteiger partial charge in [-0.15, -0.1) is 0 Å². The Hall–Kier alpha value is -3.02. The molecule has 0 saturated carbocycles. The summed E-state index contributed by atoms with van der Waals surface area (Å²) in [4.78, 5) is 23.9. The number of ether oxygens (including phenoxy) is 1. The van der Waals surface area contributed by atoms with E-state index in [0.717, 1.165) is 12.0 Å². The number of amides is 3. The number of methoxy groups -OCH3 is 1. The van der Waals surface area contributed by atoms with Crippen LogP contribution in [0, 0.1) is 0 Å². The fraction of sp³-hybridized carbons (Fsp3) is 0.176. The standard InChI is InChI=1S/C17H17N3O3/c1-23-14-4-2-3-12(9-14)19-17(22)20-13-6-5-11-7-8-18-16(21)15(11)10-13/h2-6,9-10H,7-8H2,1H3,(H,18,21)(H2,19,20,22). The van der Waals surface area contributed by atoms with Crippen LogP contribution in [0.15, 0.2) is 42.5 Å². The van der Waals surface area contributed by atoms with Gasteiger partial charge in [-0.05, 0) is 36.2 Å². The Morgan fingerprint density at radius 1 is 1.13 bits per heavy atom. The molecule has 0 unspecified atom stereocenters. The number of urea groups is 1. The molecule has 0 radical (unpaired) electrons. The summed E-state index contributed by atoms with van der Waals surface area (Å²) >= 11 is 0. The lowest BCUT2D eigenvalue weighted by molar-refractivity contribution is 0.0946. The van der Waals surface area contributed by atoms with Gasteiger partial charge in [-0.2, -0.15) is 0 Å². The Bertz CT molecular complexity index is 758. The molecule has 6 nitrogen and oxygen atoms in total. The largest absolute Gasteiger partial charge is 0.497 e. The Kier molecular flexibility index (Phi) is 4.14. The summed E-state index contributed by atoms with van der Waals surface area (Å²) in [7, 11) is 1.57. The van der Waals surface area contributed by atoms with Crippen LogP contribution in [0.1, 0.15) is 15.9 Å². The summed E-state index contributed by atoms with van der Waals surface area (Å²) in [6, 6.07) is 12.0. The van der Waals surface area contributed by atoms with Crippen LogP contribution in [0.25, 0.3) is 0 Å². The van der Waals surface area contributed by atoms with E-state index in [4.69, 9.17) is 4.74 Å². The van der Waals surface area contributed by atoms with Crippen LogP contribution in [-0.2, 0) is 6.42 Å². The number of hydrogen-bond acceptors (Lipinski definition) is 3. The highest BCUT2D eigenvalue weighted by molar-refractivity contribution is 6.02. The van der Waals surface area contributed by atoms with E-state index < -0.39 is 0 Å². The summed E-state index contributed by atoms with van der Waals surface area (Å²) in [5.74, 6) is 0.552. The molecule has 23 heavy (non-hydrogen) atoms. The average Bonchev–Trinajstić information content (AvgIpc) is 2.56. The predicted molar refractivity (Wildman–Crippen MR) is 88.1 cm³/mol. The number of fused-ring (bicyclic) bond motifs is 1. The fourth-order valence-corrected chi connectivity index (χ4v) is 2.48. The minimum atomic E-state index is -0.380. The third-order valence-electron chi connectivity index (χ3n) is 3.62. The van der Waals surface area contributed by atoms with Crippen molar-refractivity contribution in [1.29, 1.82) is 0 Å². The van der Waals surface area contributed by atoms with Gasteiger partial charge >= 0.3 is 6.03 Å². The van der Waals surface area contributed by atoms with Crippen LogP contribution in [0.5, 0.6) is 5.75 Å². The topological polar surface area (TPSA) is 79.5 Å². The monoisotopic (exact) mass is 311 g/mol. The molecule has 1 heterocycles. The van der Waals surface area contributed by atoms with E-state index in [9.17, 15) is 9.59 Å². The lowest BCUT2D eigenvalue weighted by Gasteiger charge is -2.17. The van der Waals surface area contributed by atoms with Crippen molar-refractivity contribution in [2.75, 3.05) is 24.3 Å². The van der Waals surface area contributed by atoms with Crippen LogP contribution in [0.3, 0.4) is 0 Å². The highest BCUT2D eigenvalue weighted by Gasteiger charge is 2.17. The second kappa shape index (κ2) is 6.39. The Morgan fingerprint density at radius 2 is 1.91 bits per heavy atom. The van der Waals surface area contributed by atoms with E-state index in [1.165, 1.54) is 0 Å². The Labute approximate surface area is 133 Å². The van der Waals surface area contributed by atoms with E-state index in [1.54, 1.807) is 43.5 Å². The lowest BCUT2D eigenvalue weighted by Crippen LogP contribution is -2.32. The zero-order chi connectivity index (χ0) is 16.2. The molecule has 0 aliphatic carbocycles. The van der Waals surface area contributed by atoms with Gasteiger partial charge in [-0.1, -0.05) is 12.1 Å². The number of nitrogens with one attached hydrogen (secondary N) is 3. The van der Waals surface area contributed by atoms with Crippen molar-refractivity contribution in [2.24, 2.45) is 0 Å². The molecule has 0 atom stereocenters. The molecule has 118 valence electrons. The molecule has 3 rings (SSSR count). The summed E-state index contributed by atoms with van der Waals surface area (Å²) < 4.78 is 5.11. The molecule has 6 heteroatoms. The molecule has 0 fully saturated rings. The van der Waals surface area contributed by atoms with E-state index in [-0.39, 0.29) is 11.9 Å². The number of hydrogen-bond donors (Lipinski definition) is 3. The third-order valence-corrected chi connectivity index (χ3v) is 3.62. The van der Waals surface area contributed by atoms with Crippen molar-refractivity contribution in [2.45, 2.75) is 6.42 Å². The summed E-state index contributed by atoms with van der Waals surface area (Å²) in [5, 5.41) is 8.24. The van der Waals surface area contributed by atoms with Gasteiger partial charge in [-0.3, -0.25) is 4.79 Å². The molecule has 2 aromatic rings. The van der Waals surface area contributed by atoms with Crippen molar-refractivity contribution in [3.8, 4) is 5.75 Å². The van der Waals surface area contributed by atoms with Crippen molar-refractivity contribution >= 4 is 23.3 Å². The van der Waals surface area contributed by atoms with E-state index in [0.29, 0.717) is 29.2 Å². The number of benzene rings is 2. The summed E-state index contributed by atoms with van der Waals surface area (Å²) in [6.07, 6.45) is 0.803. The number of anilines is 2. The van der Waals surface area contributed by atoms with Crippen molar-refractivity contribution in [3.63, 3.8) is 0 Å². The molecule has 3 N–H and O–H groups in total. The molecule has 1 aliphatic heterocycles. The van der Waals surface area contributed by atoms with Gasteiger partial charge in [0, 0.05) is 29.5 Å². The minimum absolute atomic E-state index is 0.108. The van der Waals surface area contributed by atoms with Gasteiger partial charge in [0.25, 0.3) is 5.91 Å². The Balaban J connectivity index is 1.70. The first-order chi connectivity index (χ1) is 11.2. The molecule has 0 bridgehead atoms. The van der Waals surface area contributed by atoms with Gasteiger partial charge in [0.2, 0.25) is 0 Å². The van der Waals surface area contributed by atoms with Gasteiger partial charge in [0.15, 0.2) is 0 Å². The maximum absolute atomic E-state index is 12.1. The normalized spacial score (nSPS) is 12.8. The quantitative estimate of drug-likeness (QED) is 0.815. The fourth-order valence-electron chi connectivity index (χ4n) is 2.48. The Morgan fingerprint density at radius 3 is 2.70 bits per heavy atom. The molecular weight excluding hydrogens is 294 g/mol. The van der Waals surface area contributed by atoms with Crippen molar-refractivity contribution in [3.05, 3.63) is 53.6 Å². The van der Waals surface area contributed by atoms with Crippen LogP contribution in [-0.4, -0.2) is 25.6 Å². The third kappa shape index (κ3) is 3.42. The molecule has 2 aromatic carbocycles. The minimum Gasteiger partial charge on any atom is -0.497 e. The predicted octanol–water partition coefficient (Wildman–Crippen LogP) is 2.63. The maximum atomic E-state index is 12.1. The number of rotatable bonds is 3. The first-order valence-corrected chi connectivity index (χ1v) is 7.29. The average molecular weight is 311 g/mol. The molecule has 1 aliphatic rings. The van der Waals surface area contributed by atoms with Crippen LogP contribution >= 0.6 is 0 Å². The molecule has 0 aromatic heterocycles. The summed E-state index contributed by atoms with van der Waals surface area (Å²) in [5.41, 5.74) is 2.79. The number of carbonyl (C=O) groups excluding carboxylic acids is 2. The summed E-state index contributed by atoms with van der Waals surface area (Å²) in [6.45, 7) is 0.648. The maximum Gasteiger partial charge on any atom is 0.323 e. The van der Waals surface area contributed by atoms with Crippen LogP contribution in [0.4, 0.5) is 16.2 Å². The van der Waals surface area contributed by atoms with Crippen molar-refractivity contribution in [1.82, 2.24) is 5.32 Å². The van der Waals surface area contributed by atoms with Gasteiger partial charge < -0.3 is 20.7 Å². The zero-order valence-corrected chi connectivity index (χ0v) is 12.7. The van der Waals surface area contributed by atoms with Crippen LogP contribution < -0.4 is 20.7 Å². The van der Waals surface area contributed by atoms with Gasteiger partial charge in [-0.25, -0.2) is 4.79 Å². The second-order valence-corrected chi connectivity index (χ2v) is 5.19. The second-order valence-electron chi connectivity index (χ2n) is 5.19. The molecule has 0 spiro atoms. The smallest absolute Gasteiger partial charge is 0.323 e. The van der Waals surface area contributed by atoms with Gasteiger partial charge in [0.05, 0.1) is 7.11 Å². The molecule has 0 saturated heterocycles. The van der Waals surface area contributed by atoms with Gasteiger partial charge in [0.1, 0.15) is 5.75 Å². The van der Waals surface area contributed by atoms with Crippen molar-refractivity contribution < 1.29 is 14.3 Å². The zero-order valence-electron chi connectivity index (χ0n) is 12.7. The van der Waals surface area contributed by atoms with E-state index >= 15 is 0 Å². The SMILES string of the molecule is COc1cccc(NC(=O)Nc2ccc3c(c2)C(=O)NCC3)c1. The van der Waals surface area contributed by atoms with Crippen LogP contribution in [0.2, 0.25) is 0 Å².